The Hall–Kier alpha value is -1.88. The molecule has 5 nitrogen and oxygen atoms in total. The largest absolute Gasteiger partial charge is 0.399 e. The van der Waals surface area contributed by atoms with Gasteiger partial charge in [0.15, 0.2) is 0 Å². The number of hydrogen-bond acceptors (Lipinski definition) is 3. The number of amides is 1. The van der Waals surface area contributed by atoms with E-state index in [2.05, 4.69) is 4.99 Å². The minimum Gasteiger partial charge on any atom is -0.399 e. The van der Waals surface area contributed by atoms with Crippen molar-refractivity contribution < 1.29 is 4.79 Å². The maximum atomic E-state index is 11.2. The molecule has 0 aliphatic heterocycles. The molecule has 0 aromatic heterocycles. The normalized spacial score (nSPS) is 13.6. The summed E-state index contributed by atoms with van der Waals surface area (Å²) in [7, 11) is 0. The van der Waals surface area contributed by atoms with Gasteiger partial charge in [0.25, 0.3) is 5.91 Å². The number of nitrogens with zero attached hydrogens (tertiary/aromatic N) is 1. The minimum absolute atomic E-state index is 0.150. The summed E-state index contributed by atoms with van der Waals surface area (Å²) < 4.78 is 0. The lowest BCUT2D eigenvalue weighted by atomic mass is 10.2. The highest BCUT2D eigenvalue weighted by atomic mass is 16.1. The minimum atomic E-state index is -0.641. The first-order valence-electron chi connectivity index (χ1n) is 4.50. The number of aliphatic imine (C=N–C) groups is 1. The summed E-state index contributed by atoms with van der Waals surface area (Å²) in [6.45, 7) is 1.56. The van der Waals surface area contributed by atoms with Gasteiger partial charge in [-0.3, -0.25) is 4.79 Å². The van der Waals surface area contributed by atoms with Crippen molar-refractivity contribution in [2.45, 2.75) is 13.0 Å². The molecule has 0 radical (unpaired) electrons. The molecular formula is C10H14N4O. The first kappa shape index (κ1) is 11.2. The van der Waals surface area contributed by atoms with Crippen LogP contribution in [-0.4, -0.2) is 17.8 Å². The molecule has 0 aliphatic carbocycles. The van der Waals surface area contributed by atoms with Gasteiger partial charge >= 0.3 is 0 Å². The molecule has 0 saturated heterocycles. The van der Waals surface area contributed by atoms with Gasteiger partial charge < -0.3 is 17.2 Å². The van der Waals surface area contributed by atoms with Crippen LogP contribution in [0.4, 0.5) is 5.69 Å². The van der Waals surface area contributed by atoms with Crippen LogP contribution >= 0.6 is 0 Å². The highest BCUT2D eigenvalue weighted by Crippen LogP contribution is 2.05. The Morgan fingerprint density at radius 1 is 1.33 bits per heavy atom. The Bertz CT molecular complexity index is 381. The molecule has 80 valence electrons. The van der Waals surface area contributed by atoms with Gasteiger partial charge in [-0.25, -0.2) is 0 Å². The molecule has 1 rings (SSSR count). The van der Waals surface area contributed by atoms with Gasteiger partial charge in [-0.15, -0.1) is 0 Å². The van der Waals surface area contributed by atoms with Crippen molar-refractivity contribution >= 4 is 17.4 Å². The van der Waals surface area contributed by atoms with Gasteiger partial charge in [0.1, 0.15) is 5.84 Å². The average molecular weight is 206 g/mol. The number of benzene rings is 1. The predicted molar refractivity (Wildman–Crippen MR) is 60.2 cm³/mol. The first-order chi connectivity index (χ1) is 7.00. The van der Waals surface area contributed by atoms with E-state index < -0.39 is 11.9 Å². The third-order valence-electron chi connectivity index (χ3n) is 1.83. The second-order valence-electron chi connectivity index (χ2n) is 3.25. The number of nitrogen functional groups attached to an aromatic ring is 1. The third-order valence-corrected chi connectivity index (χ3v) is 1.83. The summed E-state index contributed by atoms with van der Waals surface area (Å²) in [4.78, 5) is 14.8. The van der Waals surface area contributed by atoms with Gasteiger partial charge in [0.2, 0.25) is 0 Å². The fourth-order valence-corrected chi connectivity index (χ4v) is 0.939. The molecule has 5 heteroatoms. The van der Waals surface area contributed by atoms with Crippen molar-refractivity contribution in [3.05, 3.63) is 29.8 Å². The summed E-state index contributed by atoms with van der Waals surface area (Å²) in [6, 6.07) is 6.13. The van der Waals surface area contributed by atoms with E-state index >= 15 is 0 Å². The Morgan fingerprint density at radius 2 is 1.87 bits per heavy atom. The smallest absolute Gasteiger partial charge is 0.264 e. The van der Waals surface area contributed by atoms with Gasteiger partial charge in [0, 0.05) is 11.3 Å². The van der Waals surface area contributed by atoms with Crippen LogP contribution in [0.5, 0.6) is 0 Å². The number of anilines is 1. The highest BCUT2D eigenvalue weighted by molar-refractivity contribution is 6.05. The average Bonchev–Trinajstić information content (AvgIpc) is 2.18. The van der Waals surface area contributed by atoms with Crippen LogP contribution in [0.1, 0.15) is 12.5 Å². The Balaban J connectivity index is 2.89. The molecule has 0 saturated carbocycles. The number of carbonyl (C=O) groups excluding carboxylic acids is 1. The highest BCUT2D eigenvalue weighted by Gasteiger charge is 2.07. The lowest BCUT2D eigenvalue weighted by molar-refractivity contribution is -0.118. The maximum absolute atomic E-state index is 11.2. The van der Waals surface area contributed by atoms with Crippen LogP contribution < -0.4 is 17.2 Å². The Kier molecular flexibility index (Phi) is 3.41. The molecule has 0 fully saturated rings. The van der Waals surface area contributed by atoms with E-state index in [-0.39, 0.29) is 5.84 Å². The molecule has 1 aromatic carbocycles. The molecule has 0 spiro atoms. The summed E-state index contributed by atoms with van der Waals surface area (Å²) in [6.07, 6.45) is 0. The third kappa shape index (κ3) is 3.07. The van der Waals surface area contributed by atoms with Gasteiger partial charge in [0.05, 0.1) is 6.04 Å². The molecule has 15 heavy (non-hydrogen) atoms. The zero-order chi connectivity index (χ0) is 11.4. The summed E-state index contributed by atoms with van der Waals surface area (Å²) in [5.41, 5.74) is 17.8. The zero-order valence-electron chi connectivity index (χ0n) is 8.47. The van der Waals surface area contributed by atoms with E-state index in [1.807, 2.05) is 0 Å². The number of nitrogens with two attached hydrogens (primary N) is 3. The van der Waals surface area contributed by atoms with Crippen molar-refractivity contribution in [3.63, 3.8) is 0 Å². The fraction of sp³-hybridized carbons (Fsp3) is 0.200. The van der Waals surface area contributed by atoms with Crippen LogP contribution in [0.3, 0.4) is 0 Å². The molecule has 0 unspecified atom stereocenters. The quantitative estimate of drug-likeness (QED) is 0.355. The van der Waals surface area contributed by atoms with Crippen molar-refractivity contribution in [2.24, 2.45) is 16.5 Å². The zero-order valence-corrected chi connectivity index (χ0v) is 8.47. The molecule has 0 bridgehead atoms. The van der Waals surface area contributed by atoms with Crippen LogP contribution in [0, 0.1) is 0 Å². The number of amidine groups is 1. The number of hydrogen-bond donors (Lipinski definition) is 3. The van der Waals surface area contributed by atoms with Crippen molar-refractivity contribution in [1.29, 1.82) is 0 Å². The van der Waals surface area contributed by atoms with E-state index in [9.17, 15) is 4.79 Å². The van der Waals surface area contributed by atoms with E-state index in [1.54, 1.807) is 31.2 Å². The van der Waals surface area contributed by atoms with Gasteiger partial charge in [-0.05, 0) is 31.2 Å². The molecule has 0 heterocycles. The van der Waals surface area contributed by atoms with Crippen molar-refractivity contribution in [2.75, 3.05) is 5.73 Å². The molecular weight excluding hydrogens is 192 g/mol. The summed E-state index contributed by atoms with van der Waals surface area (Å²) in [5, 5.41) is 0. The van der Waals surface area contributed by atoms with Crippen molar-refractivity contribution in [3.8, 4) is 0 Å². The second kappa shape index (κ2) is 4.56. The fourth-order valence-electron chi connectivity index (χ4n) is 0.939. The monoisotopic (exact) mass is 206 g/mol. The molecule has 0 aliphatic rings. The Labute approximate surface area is 88.0 Å². The molecule has 1 aromatic rings. The first-order valence-corrected chi connectivity index (χ1v) is 4.50. The lowest BCUT2D eigenvalue weighted by Gasteiger charge is -2.02. The Morgan fingerprint density at radius 3 is 2.33 bits per heavy atom. The van der Waals surface area contributed by atoms with Gasteiger partial charge in [-0.1, -0.05) is 0 Å². The standard InChI is InChI=1S/C10H14N4O/c1-6(11)10(15)14-9(13)7-2-4-8(12)5-3-7/h2-6H,11-12H2,1H3,(H2,13,14,15)/t6-/m0/s1. The van der Waals surface area contributed by atoms with Crippen LogP contribution in [-0.2, 0) is 4.79 Å². The maximum Gasteiger partial charge on any atom is 0.264 e. The van der Waals surface area contributed by atoms with E-state index in [1.165, 1.54) is 0 Å². The molecule has 6 N–H and O–H groups in total. The van der Waals surface area contributed by atoms with Crippen LogP contribution in [0.15, 0.2) is 29.3 Å². The van der Waals surface area contributed by atoms with E-state index in [0.717, 1.165) is 0 Å². The predicted octanol–water partition coefficient (Wildman–Crippen LogP) is -0.152. The SMILES string of the molecule is C[C@H](N)C(=O)N=C(N)c1ccc(N)cc1. The summed E-state index contributed by atoms with van der Waals surface area (Å²) >= 11 is 0. The van der Waals surface area contributed by atoms with Crippen LogP contribution in [0.25, 0.3) is 0 Å². The topological polar surface area (TPSA) is 107 Å². The summed E-state index contributed by atoms with van der Waals surface area (Å²) in [5.74, 6) is -0.290. The second-order valence-corrected chi connectivity index (χ2v) is 3.25. The molecule has 1 amide bonds. The van der Waals surface area contributed by atoms with Crippen LogP contribution in [0.2, 0.25) is 0 Å². The van der Waals surface area contributed by atoms with E-state index in [0.29, 0.717) is 11.3 Å². The number of rotatable bonds is 2. The lowest BCUT2D eigenvalue weighted by Crippen LogP contribution is -2.27. The number of carbonyl (C=O) groups is 1. The van der Waals surface area contributed by atoms with Crippen molar-refractivity contribution in [1.82, 2.24) is 0 Å². The van der Waals surface area contributed by atoms with E-state index in [4.69, 9.17) is 17.2 Å². The van der Waals surface area contributed by atoms with Gasteiger partial charge in [-0.2, -0.15) is 4.99 Å². The molecule has 1 atom stereocenters.